The van der Waals surface area contributed by atoms with Crippen molar-refractivity contribution in [3.63, 3.8) is 0 Å². The van der Waals surface area contributed by atoms with Crippen molar-refractivity contribution in [2.75, 3.05) is 11.9 Å². The quantitative estimate of drug-likeness (QED) is 0.735. The van der Waals surface area contributed by atoms with Crippen LogP contribution in [0.5, 0.6) is 0 Å². The summed E-state index contributed by atoms with van der Waals surface area (Å²) in [6.07, 6.45) is 10.7. The van der Waals surface area contributed by atoms with Crippen molar-refractivity contribution in [2.45, 2.75) is 58.3 Å². The van der Waals surface area contributed by atoms with Crippen molar-refractivity contribution in [2.24, 2.45) is 28.6 Å². The summed E-state index contributed by atoms with van der Waals surface area (Å²) in [5.41, 5.74) is 2.10. The van der Waals surface area contributed by atoms with Crippen LogP contribution in [-0.4, -0.2) is 27.9 Å². The van der Waals surface area contributed by atoms with Crippen molar-refractivity contribution in [3.8, 4) is 0 Å². The highest BCUT2D eigenvalue weighted by molar-refractivity contribution is 5.91. The van der Waals surface area contributed by atoms with Crippen LogP contribution in [0.25, 0.3) is 5.65 Å². The fourth-order valence-corrected chi connectivity index (χ4v) is 8.00. The summed E-state index contributed by atoms with van der Waals surface area (Å²) in [7, 11) is 0. The molecule has 6 nitrogen and oxygen atoms in total. The number of carbonyl (C=O) groups is 2. The third-order valence-corrected chi connectivity index (χ3v) is 8.68. The number of rotatable bonds is 6. The minimum absolute atomic E-state index is 0.118. The second-order valence-electron chi connectivity index (χ2n) is 10.2. The molecular weight excluding hydrogens is 378 g/mol. The van der Waals surface area contributed by atoms with Gasteiger partial charge in [-0.2, -0.15) is 0 Å². The molecule has 6 heteroatoms. The van der Waals surface area contributed by atoms with E-state index in [1.165, 1.54) is 38.5 Å². The smallest absolute Gasteiger partial charge is 0.311 e. The number of anilines is 1. The summed E-state index contributed by atoms with van der Waals surface area (Å²) in [5, 5.41) is 3.16. The second kappa shape index (κ2) is 6.32. The van der Waals surface area contributed by atoms with Gasteiger partial charge in [-0.25, -0.2) is 4.98 Å². The number of esters is 1. The number of pyridine rings is 1. The largest absolute Gasteiger partial charge is 0.466 e. The zero-order valence-corrected chi connectivity index (χ0v) is 17.5. The summed E-state index contributed by atoms with van der Waals surface area (Å²) in [6.45, 7) is 2.15. The Hall–Kier alpha value is -2.37. The van der Waals surface area contributed by atoms with Crippen molar-refractivity contribution < 1.29 is 14.3 Å². The van der Waals surface area contributed by atoms with Crippen LogP contribution in [0.15, 0.2) is 24.4 Å². The Morgan fingerprint density at radius 3 is 2.93 bits per heavy atom. The van der Waals surface area contributed by atoms with Gasteiger partial charge >= 0.3 is 5.97 Å². The highest BCUT2D eigenvalue weighted by atomic mass is 16.5. The number of hydrogen-bond donors (Lipinski definition) is 1. The van der Waals surface area contributed by atoms with E-state index >= 15 is 0 Å². The molecule has 6 rings (SSSR count). The molecule has 4 fully saturated rings. The minimum Gasteiger partial charge on any atom is -0.466 e. The average molecular weight is 408 g/mol. The van der Waals surface area contributed by atoms with E-state index in [1.54, 1.807) is 6.92 Å². The first-order chi connectivity index (χ1) is 14.5. The average Bonchev–Trinajstić information content (AvgIpc) is 3.23. The second-order valence-corrected chi connectivity index (χ2v) is 10.2. The molecule has 0 aromatic carbocycles. The molecule has 5 atom stereocenters. The van der Waals surface area contributed by atoms with Gasteiger partial charge in [0.2, 0.25) is 5.91 Å². The number of aromatic nitrogens is 2. The molecule has 2 aromatic heterocycles. The van der Waals surface area contributed by atoms with Crippen LogP contribution in [0.3, 0.4) is 0 Å². The van der Waals surface area contributed by atoms with Crippen LogP contribution in [0.2, 0.25) is 0 Å². The molecule has 4 aliphatic carbocycles. The van der Waals surface area contributed by atoms with E-state index in [0.29, 0.717) is 24.1 Å². The molecule has 5 unspecified atom stereocenters. The first kappa shape index (κ1) is 18.4. The van der Waals surface area contributed by atoms with Gasteiger partial charge in [-0.1, -0.05) is 6.07 Å². The van der Waals surface area contributed by atoms with E-state index in [-0.39, 0.29) is 23.7 Å². The van der Waals surface area contributed by atoms with Gasteiger partial charge in [0.1, 0.15) is 11.5 Å². The lowest BCUT2D eigenvalue weighted by Crippen LogP contribution is -2.53. The number of carbonyl (C=O) groups excluding carboxylic acids is 2. The predicted octanol–water partition coefficient (Wildman–Crippen LogP) is 3.98. The SMILES string of the molecule is CCOC(=O)Cc1cn2c(NC(=O)CC34CC5CC6CC(C3)C4(C6)C5)cccc2n1. The number of hydrogen-bond acceptors (Lipinski definition) is 4. The van der Waals surface area contributed by atoms with Crippen LogP contribution in [-0.2, 0) is 20.7 Å². The topological polar surface area (TPSA) is 72.7 Å². The van der Waals surface area contributed by atoms with Gasteiger partial charge in [0.15, 0.2) is 0 Å². The maximum Gasteiger partial charge on any atom is 0.311 e. The van der Waals surface area contributed by atoms with Gasteiger partial charge in [-0.05, 0) is 86.2 Å². The Balaban J connectivity index is 1.20. The van der Waals surface area contributed by atoms with Crippen molar-refractivity contribution >= 4 is 23.3 Å². The molecule has 3 bridgehead atoms. The molecule has 4 aliphatic rings. The Labute approximate surface area is 176 Å². The number of amides is 1. The molecule has 1 amide bonds. The van der Waals surface area contributed by atoms with Crippen LogP contribution in [0.1, 0.15) is 57.6 Å². The summed E-state index contributed by atoms with van der Waals surface area (Å²) in [4.78, 5) is 29.5. The maximum absolute atomic E-state index is 13.2. The van der Waals surface area contributed by atoms with E-state index in [0.717, 1.165) is 29.2 Å². The van der Waals surface area contributed by atoms with Gasteiger partial charge < -0.3 is 10.1 Å². The molecule has 1 spiro atoms. The molecule has 0 saturated heterocycles. The molecule has 4 saturated carbocycles. The number of fused-ring (bicyclic) bond motifs is 3. The number of nitrogens with zero attached hydrogens (tertiary/aromatic N) is 2. The summed E-state index contributed by atoms with van der Waals surface area (Å²) in [5.74, 6) is 3.21. The van der Waals surface area contributed by atoms with E-state index in [9.17, 15) is 9.59 Å². The predicted molar refractivity (Wildman–Crippen MR) is 112 cm³/mol. The zero-order valence-electron chi connectivity index (χ0n) is 17.5. The summed E-state index contributed by atoms with van der Waals surface area (Å²) in [6, 6.07) is 5.68. The Morgan fingerprint density at radius 2 is 2.07 bits per heavy atom. The molecule has 2 aromatic rings. The summed E-state index contributed by atoms with van der Waals surface area (Å²) >= 11 is 0. The molecule has 30 heavy (non-hydrogen) atoms. The molecule has 158 valence electrons. The molecule has 1 N–H and O–H groups in total. The van der Waals surface area contributed by atoms with E-state index in [1.807, 2.05) is 28.8 Å². The van der Waals surface area contributed by atoms with E-state index in [4.69, 9.17) is 4.74 Å². The Morgan fingerprint density at radius 1 is 1.20 bits per heavy atom. The third-order valence-electron chi connectivity index (χ3n) is 8.68. The van der Waals surface area contributed by atoms with E-state index in [2.05, 4.69) is 10.3 Å². The van der Waals surface area contributed by atoms with Gasteiger partial charge in [0.05, 0.1) is 18.7 Å². The molecule has 0 aliphatic heterocycles. The fraction of sp³-hybridized carbons (Fsp3) is 0.625. The Kier molecular flexibility index (Phi) is 3.87. The van der Waals surface area contributed by atoms with Gasteiger partial charge in [0.25, 0.3) is 0 Å². The van der Waals surface area contributed by atoms with Crippen LogP contribution in [0.4, 0.5) is 5.82 Å². The third kappa shape index (κ3) is 2.51. The number of ether oxygens (including phenoxy) is 1. The first-order valence-corrected chi connectivity index (χ1v) is 11.4. The van der Waals surface area contributed by atoms with Crippen LogP contribution >= 0.6 is 0 Å². The van der Waals surface area contributed by atoms with Gasteiger partial charge in [-0.3, -0.25) is 14.0 Å². The molecular formula is C24H29N3O3. The normalized spacial score (nSPS) is 35.3. The van der Waals surface area contributed by atoms with E-state index < -0.39 is 0 Å². The lowest BCUT2D eigenvalue weighted by molar-refractivity contribution is -0.142. The summed E-state index contributed by atoms with van der Waals surface area (Å²) < 4.78 is 6.89. The number of nitrogens with one attached hydrogen (secondary N) is 1. The van der Waals surface area contributed by atoms with Crippen molar-refractivity contribution in [3.05, 3.63) is 30.1 Å². The fourth-order valence-electron chi connectivity index (χ4n) is 8.00. The zero-order chi connectivity index (χ0) is 20.5. The van der Waals surface area contributed by atoms with Crippen molar-refractivity contribution in [1.29, 1.82) is 0 Å². The lowest BCUT2D eigenvalue weighted by atomic mass is 9.45. The van der Waals surface area contributed by atoms with Gasteiger partial charge in [-0.15, -0.1) is 0 Å². The first-order valence-electron chi connectivity index (χ1n) is 11.4. The highest BCUT2D eigenvalue weighted by Crippen LogP contribution is 2.82. The van der Waals surface area contributed by atoms with Gasteiger partial charge in [0, 0.05) is 12.6 Å². The number of imidazole rings is 1. The minimum atomic E-state index is -0.286. The Bertz CT molecular complexity index is 1040. The van der Waals surface area contributed by atoms with Crippen molar-refractivity contribution in [1.82, 2.24) is 9.38 Å². The maximum atomic E-state index is 13.2. The lowest BCUT2D eigenvalue weighted by Gasteiger charge is -2.59. The highest BCUT2D eigenvalue weighted by Gasteiger charge is 2.74. The van der Waals surface area contributed by atoms with Crippen LogP contribution in [0, 0.1) is 28.6 Å². The monoisotopic (exact) mass is 407 g/mol. The van der Waals surface area contributed by atoms with Crippen LogP contribution < -0.4 is 5.32 Å². The standard InChI is InChI=1S/C24H29N3O3/c1-2-30-22(29)8-18-14-27-19(25-18)4-3-5-20(27)26-21(28)13-23-9-16-6-15-7-17(12-23)24(23,10-15)11-16/h3-5,14-17H,2,6-13H2,1H3,(H,26,28). The molecule has 0 radical (unpaired) electrons. The molecule has 2 heterocycles.